The molecule has 186 valence electrons. The van der Waals surface area contributed by atoms with Gasteiger partial charge in [-0.05, 0) is 50.0 Å². The molecule has 1 aliphatic heterocycles. The molecule has 1 saturated heterocycles. The molecule has 2 fully saturated rings. The number of ether oxygens (including phenoxy) is 1. The van der Waals surface area contributed by atoms with E-state index in [4.69, 9.17) is 4.74 Å². The van der Waals surface area contributed by atoms with Crippen LogP contribution in [-0.4, -0.2) is 74.1 Å². The first kappa shape index (κ1) is 27.7. The van der Waals surface area contributed by atoms with E-state index in [0.717, 1.165) is 63.7 Å². The quantitative estimate of drug-likeness (QED) is 0.256. The second-order valence-electron chi connectivity index (χ2n) is 8.84. The molecule has 1 heterocycles. The number of likely N-dealkylation sites (tertiary alicyclic amines) is 1. The molecule has 2 N–H and O–H groups in total. The maximum Gasteiger partial charge on any atom is 0.225 e. The monoisotopic (exact) mass is 571 g/mol. The smallest absolute Gasteiger partial charge is 0.225 e. The maximum atomic E-state index is 12.7. The number of carbonyl (C=O) groups is 1. The van der Waals surface area contributed by atoms with Crippen LogP contribution in [-0.2, 0) is 11.3 Å². The Labute approximate surface area is 216 Å². The third-order valence-corrected chi connectivity index (χ3v) is 6.72. The largest absolute Gasteiger partial charge is 0.492 e. The molecule has 1 atom stereocenters. The minimum Gasteiger partial charge on any atom is -0.492 e. The highest BCUT2D eigenvalue weighted by Gasteiger charge is 2.32. The Bertz CT molecular complexity index is 733. The van der Waals surface area contributed by atoms with Crippen LogP contribution in [0.2, 0.25) is 0 Å². The van der Waals surface area contributed by atoms with Gasteiger partial charge in [0, 0.05) is 45.2 Å². The number of carbonyl (C=O) groups excluding carboxylic acids is 1. The van der Waals surface area contributed by atoms with Gasteiger partial charge >= 0.3 is 0 Å². The third-order valence-electron chi connectivity index (χ3n) is 6.72. The zero-order chi connectivity index (χ0) is 22.8. The van der Waals surface area contributed by atoms with Gasteiger partial charge in [-0.25, -0.2) is 0 Å². The molecule has 1 saturated carbocycles. The van der Waals surface area contributed by atoms with Crippen molar-refractivity contribution in [2.75, 3.05) is 46.4 Å². The summed E-state index contributed by atoms with van der Waals surface area (Å²) in [5.74, 6) is 2.30. The van der Waals surface area contributed by atoms with Crippen LogP contribution in [0.3, 0.4) is 0 Å². The molecule has 0 radical (unpaired) electrons. The molecule has 1 unspecified atom stereocenters. The lowest BCUT2D eigenvalue weighted by atomic mass is 10.1. The zero-order valence-corrected chi connectivity index (χ0v) is 22.8. The number of aliphatic imine (C=N–C) groups is 1. The average molecular weight is 572 g/mol. The summed E-state index contributed by atoms with van der Waals surface area (Å²) in [6.07, 6.45) is 5.50. The summed E-state index contributed by atoms with van der Waals surface area (Å²) in [7, 11) is 1.79. The molecule has 33 heavy (non-hydrogen) atoms. The number of guanidine groups is 1. The van der Waals surface area contributed by atoms with Crippen LogP contribution in [0.5, 0.6) is 5.75 Å². The summed E-state index contributed by atoms with van der Waals surface area (Å²) in [4.78, 5) is 21.4. The van der Waals surface area contributed by atoms with Gasteiger partial charge in [-0.2, -0.15) is 0 Å². The highest BCUT2D eigenvalue weighted by atomic mass is 127. The van der Waals surface area contributed by atoms with E-state index in [2.05, 4.69) is 46.5 Å². The van der Waals surface area contributed by atoms with Gasteiger partial charge in [-0.3, -0.25) is 9.79 Å². The first-order valence-electron chi connectivity index (χ1n) is 12.3. The van der Waals surface area contributed by atoms with Crippen molar-refractivity contribution in [1.82, 2.24) is 20.4 Å². The number of rotatable bonds is 10. The van der Waals surface area contributed by atoms with Gasteiger partial charge in [0.2, 0.25) is 5.91 Å². The van der Waals surface area contributed by atoms with Crippen LogP contribution in [0.15, 0.2) is 29.3 Å². The minimum atomic E-state index is 0. The minimum absolute atomic E-state index is 0. The molecule has 1 aromatic carbocycles. The molecule has 0 bridgehead atoms. The average Bonchev–Trinajstić information content (AvgIpc) is 3.52. The topological polar surface area (TPSA) is 69.2 Å². The van der Waals surface area contributed by atoms with Crippen molar-refractivity contribution < 1.29 is 9.53 Å². The zero-order valence-electron chi connectivity index (χ0n) is 20.5. The van der Waals surface area contributed by atoms with Crippen LogP contribution >= 0.6 is 24.0 Å². The van der Waals surface area contributed by atoms with E-state index in [-0.39, 0.29) is 35.9 Å². The Morgan fingerprint density at radius 1 is 1.15 bits per heavy atom. The van der Waals surface area contributed by atoms with Crippen LogP contribution in [0, 0.1) is 5.92 Å². The molecule has 0 spiro atoms. The highest BCUT2D eigenvalue weighted by Crippen LogP contribution is 2.27. The van der Waals surface area contributed by atoms with Crippen molar-refractivity contribution in [3.05, 3.63) is 29.8 Å². The van der Waals surface area contributed by atoms with Gasteiger partial charge in [0.25, 0.3) is 0 Å². The predicted molar refractivity (Wildman–Crippen MR) is 145 cm³/mol. The fourth-order valence-electron chi connectivity index (χ4n) is 4.62. The van der Waals surface area contributed by atoms with Gasteiger partial charge < -0.3 is 25.2 Å². The van der Waals surface area contributed by atoms with Gasteiger partial charge in [0.1, 0.15) is 12.4 Å². The van der Waals surface area contributed by atoms with Crippen LogP contribution in [0.1, 0.15) is 51.5 Å². The summed E-state index contributed by atoms with van der Waals surface area (Å²) < 4.78 is 5.87. The lowest BCUT2D eigenvalue weighted by Crippen LogP contribution is -2.45. The molecule has 2 aliphatic rings. The van der Waals surface area contributed by atoms with Crippen molar-refractivity contribution in [1.29, 1.82) is 0 Å². The first-order valence-corrected chi connectivity index (χ1v) is 12.3. The van der Waals surface area contributed by atoms with Crippen molar-refractivity contribution in [2.45, 2.75) is 58.5 Å². The van der Waals surface area contributed by atoms with E-state index in [1.807, 2.05) is 17.0 Å². The van der Waals surface area contributed by atoms with Crippen LogP contribution in [0.4, 0.5) is 0 Å². The number of likely N-dealkylation sites (N-methyl/N-ethyl adjacent to an activating group) is 1. The molecule has 1 aromatic rings. The van der Waals surface area contributed by atoms with E-state index < -0.39 is 0 Å². The van der Waals surface area contributed by atoms with Crippen molar-refractivity contribution >= 4 is 35.8 Å². The molecule has 0 aromatic heterocycles. The normalized spacial score (nSPS) is 19.0. The van der Waals surface area contributed by atoms with Crippen LogP contribution in [0.25, 0.3) is 0 Å². The van der Waals surface area contributed by atoms with Gasteiger partial charge in [0.15, 0.2) is 5.96 Å². The Balaban J connectivity index is 0.00000385. The van der Waals surface area contributed by atoms with Gasteiger partial charge in [-0.1, -0.05) is 38.8 Å². The summed E-state index contributed by atoms with van der Waals surface area (Å²) >= 11 is 0. The summed E-state index contributed by atoms with van der Waals surface area (Å²) in [5, 5.41) is 6.88. The maximum absolute atomic E-state index is 12.7. The number of halogens is 1. The van der Waals surface area contributed by atoms with Crippen LogP contribution < -0.4 is 15.4 Å². The SMILES string of the molecule is CCN(CC)CCOc1ccc(CNC(=NC)NC2CCN(C(=O)C3CCCC3)C2)cc1.I. The van der Waals surface area contributed by atoms with E-state index in [1.165, 1.54) is 18.4 Å². The van der Waals surface area contributed by atoms with Crippen molar-refractivity contribution in [2.24, 2.45) is 10.9 Å². The van der Waals surface area contributed by atoms with E-state index in [0.29, 0.717) is 19.1 Å². The van der Waals surface area contributed by atoms with Gasteiger partial charge in [-0.15, -0.1) is 24.0 Å². The molecule has 8 heteroatoms. The molecule has 3 rings (SSSR count). The van der Waals surface area contributed by atoms with E-state index in [1.54, 1.807) is 7.05 Å². The third kappa shape index (κ3) is 8.63. The standard InChI is InChI=1S/C25H41N5O2.HI/c1-4-29(5-2)16-17-32-23-12-10-20(11-13-23)18-27-25(26-3)28-22-14-15-30(19-22)24(31)21-8-6-7-9-21;/h10-13,21-22H,4-9,14-19H2,1-3H3,(H2,26,27,28);1H. The number of benzene rings is 1. The Morgan fingerprint density at radius 3 is 2.48 bits per heavy atom. The molecule has 1 aliphatic carbocycles. The molecular formula is C25H42IN5O2. The Hall–Kier alpha value is -1.55. The number of hydrogen-bond acceptors (Lipinski definition) is 4. The summed E-state index contributed by atoms with van der Waals surface area (Å²) in [6, 6.07) is 8.49. The van der Waals surface area contributed by atoms with E-state index >= 15 is 0 Å². The fourth-order valence-corrected chi connectivity index (χ4v) is 4.62. The van der Waals surface area contributed by atoms with Crippen molar-refractivity contribution in [3.8, 4) is 5.75 Å². The first-order chi connectivity index (χ1) is 15.6. The second kappa shape index (κ2) is 14.7. The molecule has 7 nitrogen and oxygen atoms in total. The highest BCUT2D eigenvalue weighted by molar-refractivity contribution is 14.0. The lowest BCUT2D eigenvalue weighted by Gasteiger charge is -2.21. The number of hydrogen-bond donors (Lipinski definition) is 2. The Morgan fingerprint density at radius 2 is 1.85 bits per heavy atom. The van der Waals surface area contributed by atoms with E-state index in [9.17, 15) is 4.79 Å². The molecular weight excluding hydrogens is 529 g/mol. The molecule has 1 amide bonds. The van der Waals surface area contributed by atoms with Gasteiger partial charge in [0.05, 0.1) is 0 Å². The summed E-state index contributed by atoms with van der Waals surface area (Å²) in [5.41, 5.74) is 1.17. The summed E-state index contributed by atoms with van der Waals surface area (Å²) in [6.45, 7) is 10.4. The number of nitrogens with one attached hydrogen (secondary N) is 2. The predicted octanol–water partition coefficient (Wildman–Crippen LogP) is 3.48. The number of nitrogens with zero attached hydrogens (tertiary/aromatic N) is 3. The lowest BCUT2D eigenvalue weighted by molar-refractivity contribution is -0.134. The Kier molecular flexibility index (Phi) is 12.3. The fraction of sp³-hybridized carbons (Fsp3) is 0.680. The van der Waals surface area contributed by atoms with Crippen molar-refractivity contribution in [3.63, 3.8) is 0 Å². The second-order valence-corrected chi connectivity index (χ2v) is 8.84. The number of amides is 1.